The summed E-state index contributed by atoms with van der Waals surface area (Å²) in [6, 6.07) is 18.3. The number of anilines is 1. The zero-order valence-electron chi connectivity index (χ0n) is 16.0. The van der Waals surface area contributed by atoms with Crippen LogP contribution in [0.5, 0.6) is 5.75 Å². The number of nitrogens with zero attached hydrogens (tertiary/aromatic N) is 3. The topological polar surface area (TPSA) is 47.9 Å². The maximum atomic E-state index is 5.73. The minimum Gasteiger partial charge on any atom is -0.494 e. The maximum Gasteiger partial charge on any atom is 0.292 e. The van der Waals surface area contributed by atoms with Crippen molar-refractivity contribution in [3.63, 3.8) is 0 Å². The van der Waals surface area contributed by atoms with Crippen molar-refractivity contribution in [2.24, 2.45) is 0 Å². The van der Waals surface area contributed by atoms with Gasteiger partial charge in [-0.05, 0) is 55.5 Å². The van der Waals surface area contributed by atoms with E-state index in [0.29, 0.717) is 17.3 Å². The first-order chi connectivity index (χ1) is 13.7. The molecule has 7 heteroatoms. The van der Waals surface area contributed by atoms with Crippen molar-refractivity contribution in [1.82, 2.24) is 9.78 Å². The number of aromatic nitrogens is 2. The van der Waals surface area contributed by atoms with Crippen LogP contribution in [0.1, 0.15) is 6.92 Å². The van der Waals surface area contributed by atoms with Crippen molar-refractivity contribution in [3.05, 3.63) is 59.4 Å². The van der Waals surface area contributed by atoms with Gasteiger partial charge in [0.2, 0.25) is 5.89 Å². The van der Waals surface area contributed by atoms with Crippen LogP contribution in [-0.4, -0.2) is 42.6 Å². The summed E-state index contributed by atoms with van der Waals surface area (Å²) in [5.74, 6) is 1.39. The SMILES string of the molecule is CCOc1ccc(-c2nn(C[NH+]3CCN(c4ccccc4)CC3)c(=S)o2)cc1. The predicted octanol–water partition coefficient (Wildman–Crippen LogP) is 2.63. The second-order valence-corrected chi connectivity index (χ2v) is 7.21. The molecule has 0 saturated carbocycles. The third-order valence-corrected chi connectivity index (χ3v) is 5.28. The van der Waals surface area contributed by atoms with Gasteiger partial charge in [-0.15, -0.1) is 5.10 Å². The summed E-state index contributed by atoms with van der Waals surface area (Å²) in [6.45, 7) is 7.48. The second kappa shape index (κ2) is 8.58. The number of ether oxygens (including phenoxy) is 1. The number of nitrogens with one attached hydrogen (secondary N) is 1. The molecule has 3 aromatic rings. The van der Waals surface area contributed by atoms with Crippen molar-refractivity contribution >= 4 is 17.9 Å². The third kappa shape index (κ3) is 4.26. The second-order valence-electron chi connectivity index (χ2n) is 6.86. The number of benzene rings is 2. The summed E-state index contributed by atoms with van der Waals surface area (Å²) in [6.07, 6.45) is 0. The molecule has 28 heavy (non-hydrogen) atoms. The molecule has 2 heterocycles. The number of para-hydroxylation sites is 1. The maximum absolute atomic E-state index is 5.73. The Labute approximate surface area is 169 Å². The molecule has 0 amide bonds. The predicted molar refractivity (Wildman–Crippen MR) is 111 cm³/mol. The molecule has 0 aliphatic carbocycles. The van der Waals surface area contributed by atoms with E-state index in [9.17, 15) is 0 Å². The first kappa shape index (κ1) is 18.7. The van der Waals surface area contributed by atoms with Gasteiger partial charge >= 0.3 is 0 Å². The van der Waals surface area contributed by atoms with E-state index < -0.39 is 0 Å². The van der Waals surface area contributed by atoms with Crippen LogP contribution >= 0.6 is 12.2 Å². The van der Waals surface area contributed by atoms with Crippen LogP contribution in [0.3, 0.4) is 0 Å². The average Bonchev–Trinajstić information content (AvgIpc) is 3.10. The molecular formula is C21H25N4O2S+. The fraction of sp³-hybridized carbons (Fsp3) is 0.333. The van der Waals surface area contributed by atoms with Gasteiger partial charge in [-0.25, -0.2) is 0 Å². The van der Waals surface area contributed by atoms with Crippen LogP contribution < -0.4 is 14.5 Å². The lowest BCUT2D eigenvalue weighted by Crippen LogP contribution is -3.14. The molecule has 6 nitrogen and oxygen atoms in total. The number of hydrogen-bond acceptors (Lipinski definition) is 5. The Balaban J connectivity index is 1.39. The molecule has 146 valence electrons. The molecule has 1 N–H and O–H groups in total. The molecule has 0 bridgehead atoms. The highest BCUT2D eigenvalue weighted by molar-refractivity contribution is 7.71. The van der Waals surface area contributed by atoms with Crippen LogP contribution in [0.15, 0.2) is 59.0 Å². The molecule has 1 aliphatic heterocycles. The van der Waals surface area contributed by atoms with Crippen molar-refractivity contribution in [2.45, 2.75) is 13.6 Å². The molecule has 0 radical (unpaired) electrons. The number of piperazine rings is 1. The van der Waals surface area contributed by atoms with E-state index in [4.69, 9.17) is 21.4 Å². The Hall–Kier alpha value is -2.64. The van der Waals surface area contributed by atoms with Crippen LogP contribution in [0.2, 0.25) is 0 Å². The lowest BCUT2D eigenvalue weighted by molar-refractivity contribution is -0.924. The zero-order chi connectivity index (χ0) is 19.3. The monoisotopic (exact) mass is 397 g/mol. The molecule has 4 rings (SSSR count). The first-order valence-corrected chi connectivity index (χ1v) is 10.1. The van der Waals surface area contributed by atoms with Gasteiger partial charge in [0.25, 0.3) is 4.84 Å². The van der Waals surface area contributed by atoms with Gasteiger partial charge in [0, 0.05) is 11.3 Å². The Morgan fingerprint density at radius 1 is 1.07 bits per heavy atom. The van der Waals surface area contributed by atoms with Crippen LogP contribution in [0.25, 0.3) is 11.5 Å². The molecule has 0 spiro atoms. The van der Waals surface area contributed by atoms with E-state index in [0.717, 1.165) is 44.2 Å². The Bertz CT molecular complexity index is 945. The lowest BCUT2D eigenvalue weighted by atomic mass is 10.2. The quantitative estimate of drug-likeness (QED) is 0.648. The molecule has 1 saturated heterocycles. The fourth-order valence-corrected chi connectivity index (χ4v) is 3.66. The molecule has 0 unspecified atom stereocenters. The Kier molecular flexibility index (Phi) is 5.73. The highest BCUT2D eigenvalue weighted by Gasteiger charge is 2.21. The van der Waals surface area contributed by atoms with E-state index >= 15 is 0 Å². The number of hydrogen-bond donors (Lipinski definition) is 1. The van der Waals surface area contributed by atoms with Crippen molar-refractivity contribution in [2.75, 3.05) is 37.7 Å². The zero-order valence-corrected chi connectivity index (χ0v) is 16.8. The van der Waals surface area contributed by atoms with Gasteiger partial charge < -0.3 is 19.0 Å². The number of quaternary nitrogens is 1. The summed E-state index contributed by atoms with van der Waals surface area (Å²) in [5.41, 5.74) is 2.19. The van der Waals surface area contributed by atoms with Gasteiger partial charge in [-0.1, -0.05) is 18.2 Å². The summed E-state index contributed by atoms with van der Waals surface area (Å²) < 4.78 is 13.0. The average molecular weight is 398 g/mol. The highest BCUT2D eigenvalue weighted by atomic mass is 32.1. The van der Waals surface area contributed by atoms with Gasteiger partial charge in [0.05, 0.1) is 32.8 Å². The summed E-state index contributed by atoms with van der Waals surface area (Å²) >= 11 is 5.39. The standard InChI is InChI=1S/C21H24N4O2S/c1-2-26-19-10-8-17(9-11-19)20-22-25(21(28)27-20)16-23-12-14-24(15-13-23)18-6-4-3-5-7-18/h3-11H,2,12-16H2,1H3/p+1. The summed E-state index contributed by atoms with van der Waals surface area (Å²) in [5, 5.41) is 4.60. The van der Waals surface area contributed by atoms with Crippen LogP contribution in [0.4, 0.5) is 5.69 Å². The van der Waals surface area contributed by atoms with Gasteiger partial charge in [0.15, 0.2) is 6.67 Å². The van der Waals surface area contributed by atoms with E-state index in [1.165, 1.54) is 10.6 Å². The van der Waals surface area contributed by atoms with E-state index in [-0.39, 0.29) is 0 Å². The van der Waals surface area contributed by atoms with Crippen molar-refractivity contribution in [3.8, 4) is 17.2 Å². The summed E-state index contributed by atoms with van der Waals surface area (Å²) in [4.78, 5) is 4.30. The molecule has 1 aromatic heterocycles. The molecule has 2 aromatic carbocycles. The Morgan fingerprint density at radius 2 is 1.79 bits per heavy atom. The Morgan fingerprint density at radius 3 is 2.46 bits per heavy atom. The number of rotatable bonds is 6. The van der Waals surface area contributed by atoms with Crippen molar-refractivity contribution in [1.29, 1.82) is 0 Å². The smallest absolute Gasteiger partial charge is 0.292 e. The van der Waals surface area contributed by atoms with Crippen LogP contribution in [-0.2, 0) is 6.67 Å². The highest BCUT2D eigenvalue weighted by Crippen LogP contribution is 2.21. The molecule has 1 aliphatic rings. The normalized spacial score (nSPS) is 15.0. The summed E-state index contributed by atoms with van der Waals surface area (Å²) in [7, 11) is 0. The van der Waals surface area contributed by atoms with E-state index in [2.05, 4.69) is 40.3 Å². The molecular weight excluding hydrogens is 372 g/mol. The van der Waals surface area contributed by atoms with Gasteiger partial charge in [-0.2, -0.15) is 4.68 Å². The van der Waals surface area contributed by atoms with Crippen molar-refractivity contribution < 1.29 is 14.1 Å². The van der Waals surface area contributed by atoms with Crippen LogP contribution in [0, 0.1) is 4.84 Å². The van der Waals surface area contributed by atoms with Gasteiger partial charge in [0.1, 0.15) is 5.75 Å². The largest absolute Gasteiger partial charge is 0.494 e. The molecule has 1 fully saturated rings. The third-order valence-electron chi connectivity index (χ3n) is 4.98. The van der Waals surface area contributed by atoms with E-state index in [1.807, 2.05) is 31.2 Å². The van der Waals surface area contributed by atoms with E-state index in [1.54, 1.807) is 4.68 Å². The van der Waals surface area contributed by atoms with Gasteiger partial charge in [-0.3, -0.25) is 0 Å². The first-order valence-electron chi connectivity index (χ1n) is 9.67. The molecule has 0 atom stereocenters. The minimum atomic E-state index is 0.418. The minimum absolute atomic E-state index is 0.418. The lowest BCUT2D eigenvalue weighted by Gasteiger charge is -2.33. The fourth-order valence-electron chi connectivity index (χ4n) is 3.47.